The van der Waals surface area contributed by atoms with Gasteiger partial charge in [0.05, 0.1) is 0 Å². The van der Waals surface area contributed by atoms with E-state index in [4.69, 9.17) is 5.41 Å². The number of benzene rings is 6. The van der Waals surface area contributed by atoms with Crippen LogP contribution in [-0.4, -0.2) is 5.71 Å². The molecule has 6 rings (SSSR count). The first kappa shape index (κ1) is 19.5. The molecule has 0 unspecified atom stereocenters. The molecule has 0 spiro atoms. The predicted molar refractivity (Wildman–Crippen MR) is 142 cm³/mol. The molecule has 0 saturated heterocycles. The Morgan fingerprint density at radius 3 is 1.61 bits per heavy atom. The van der Waals surface area contributed by atoms with Crippen molar-refractivity contribution in [2.24, 2.45) is 0 Å². The van der Waals surface area contributed by atoms with Gasteiger partial charge in [0.25, 0.3) is 0 Å². The van der Waals surface area contributed by atoms with Crippen molar-refractivity contribution in [3.8, 4) is 22.3 Å². The smallest absolute Gasteiger partial charge is 0.0367 e. The van der Waals surface area contributed by atoms with Gasteiger partial charge in [-0.1, -0.05) is 109 Å². The lowest BCUT2D eigenvalue weighted by molar-refractivity contribution is 1.46. The van der Waals surface area contributed by atoms with E-state index in [-0.39, 0.29) is 0 Å². The Kier molecular flexibility index (Phi) is 4.55. The van der Waals surface area contributed by atoms with Gasteiger partial charge in [0.15, 0.2) is 0 Å². The first-order chi connectivity index (χ1) is 16.2. The lowest BCUT2D eigenvalue weighted by Crippen LogP contribution is -2.02. The van der Waals surface area contributed by atoms with Crippen LogP contribution in [0.5, 0.6) is 0 Å². The Bertz CT molecular complexity index is 1680. The number of fused-ring (bicyclic) bond motifs is 3. The molecular weight excluding hydrogens is 398 g/mol. The summed E-state index contributed by atoms with van der Waals surface area (Å²) in [6.45, 7) is 1.91. The zero-order valence-corrected chi connectivity index (χ0v) is 18.5. The average Bonchev–Trinajstić information content (AvgIpc) is 2.87. The lowest BCUT2D eigenvalue weighted by atomic mass is 9.83. The zero-order chi connectivity index (χ0) is 22.4. The van der Waals surface area contributed by atoms with Gasteiger partial charge in [0.1, 0.15) is 0 Å². The second-order valence-corrected chi connectivity index (χ2v) is 8.57. The van der Waals surface area contributed by atoms with Crippen molar-refractivity contribution in [2.75, 3.05) is 0 Å². The van der Waals surface area contributed by atoms with Crippen LogP contribution >= 0.6 is 0 Å². The zero-order valence-electron chi connectivity index (χ0n) is 18.5. The lowest BCUT2D eigenvalue weighted by Gasteiger charge is -2.20. The summed E-state index contributed by atoms with van der Waals surface area (Å²) in [4.78, 5) is 0. The summed E-state index contributed by atoms with van der Waals surface area (Å²) in [6.07, 6.45) is 0. The largest absolute Gasteiger partial charge is 0.305 e. The van der Waals surface area contributed by atoms with E-state index in [9.17, 15) is 0 Å². The van der Waals surface area contributed by atoms with E-state index in [1.807, 2.05) is 6.92 Å². The molecule has 0 atom stereocenters. The topological polar surface area (TPSA) is 23.9 Å². The molecule has 0 fully saturated rings. The Balaban J connectivity index is 1.82. The third kappa shape index (κ3) is 3.13. The minimum Gasteiger partial charge on any atom is -0.305 e. The molecule has 0 heterocycles. The standard InChI is InChI=1S/C32H23N/c1-21(33)31-30(28-18-8-13-22-10-2-5-15-25(22)28)20-24-12-4-7-17-27(24)32(31)29-19-9-14-23-11-3-6-16-26(23)29/h2-20,33H,1H3. The molecule has 0 radical (unpaired) electrons. The molecule has 6 aromatic rings. The second kappa shape index (κ2) is 7.72. The maximum absolute atomic E-state index is 8.91. The summed E-state index contributed by atoms with van der Waals surface area (Å²) in [5, 5.41) is 16.1. The van der Waals surface area contributed by atoms with Gasteiger partial charge in [-0.3, -0.25) is 0 Å². The summed E-state index contributed by atoms with van der Waals surface area (Å²) in [5.41, 5.74) is 6.17. The number of hydrogen-bond donors (Lipinski definition) is 1. The highest BCUT2D eigenvalue weighted by Crippen LogP contribution is 2.43. The molecule has 6 aromatic carbocycles. The normalized spacial score (nSPS) is 11.3. The molecule has 33 heavy (non-hydrogen) atoms. The van der Waals surface area contributed by atoms with E-state index in [0.717, 1.165) is 16.7 Å². The molecule has 0 amide bonds. The molecule has 0 aliphatic heterocycles. The number of rotatable bonds is 3. The highest BCUT2D eigenvalue weighted by atomic mass is 14.4. The maximum atomic E-state index is 8.91. The Labute approximate surface area is 193 Å². The monoisotopic (exact) mass is 421 g/mol. The van der Waals surface area contributed by atoms with Crippen molar-refractivity contribution in [3.63, 3.8) is 0 Å². The van der Waals surface area contributed by atoms with Crippen molar-refractivity contribution in [2.45, 2.75) is 6.92 Å². The number of hydrogen-bond acceptors (Lipinski definition) is 1. The van der Waals surface area contributed by atoms with Gasteiger partial charge in [-0.15, -0.1) is 0 Å². The van der Waals surface area contributed by atoms with Gasteiger partial charge < -0.3 is 5.41 Å². The fourth-order valence-electron chi connectivity index (χ4n) is 5.13. The van der Waals surface area contributed by atoms with Crippen LogP contribution in [0.1, 0.15) is 12.5 Å². The summed E-state index contributed by atoms with van der Waals surface area (Å²) in [5.74, 6) is 0. The van der Waals surface area contributed by atoms with Crippen LogP contribution < -0.4 is 0 Å². The van der Waals surface area contributed by atoms with Gasteiger partial charge in [0.2, 0.25) is 0 Å². The summed E-state index contributed by atoms with van der Waals surface area (Å²) in [6, 6.07) is 40.8. The summed E-state index contributed by atoms with van der Waals surface area (Å²) in [7, 11) is 0. The van der Waals surface area contributed by atoms with Crippen LogP contribution in [0.4, 0.5) is 0 Å². The third-order valence-corrected chi connectivity index (χ3v) is 6.56. The van der Waals surface area contributed by atoms with Crippen LogP contribution in [0.3, 0.4) is 0 Å². The SMILES string of the molecule is CC(=N)c1c(-c2cccc3ccccc23)cc2ccccc2c1-c1cccc2ccccc12. The summed E-state index contributed by atoms with van der Waals surface area (Å²) >= 11 is 0. The highest BCUT2D eigenvalue weighted by molar-refractivity contribution is 6.20. The van der Waals surface area contributed by atoms with E-state index in [0.29, 0.717) is 5.71 Å². The van der Waals surface area contributed by atoms with Crippen LogP contribution in [0.25, 0.3) is 54.6 Å². The van der Waals surface area contributed by atoms with Gasteiger partial charge in [-0.25, -0.2) is 0 Å². The minimum atomic E-state index is 0.576. The Morgan fingerprint density at radius 2 is 0.970 bits per heavy atom. The minimum absolute atomic E-state index is 0.576. The Hall–Kier alpha value is -4.23. The first-order valence-electron chi connectivity index (χ1n) is 11.3. The van der Waals surface area contributed by atoms with Crippen molar-refractivity contribution in [1.29, 1.82) is 5.41 Å². The quantitative estimate of drug-likeness (QED) is 0.276. The van der Waals surface area contributed by atoms with E-state index in [1.165, 1.54) is 43.4 Å². The van der Waals surface area contributed by atoms with Crippen molar-refractivity contribution in [1.82, 2.24) is 0 Å². The average molecular weight is 422 g/mol. The molecule has 0 aromatic heterocycles. The van der Waals surface area contributed by atoms with E-state index in [2.05, 4.69) is 115 Å². The van der Waals surface area contributed by atoms with E-state index >= 15 is 0 Å². The molecule has 0 bridgehead atoms. The van der Waals surface area contributed by atoms with Gasteiger partial charge in [-0.2, -0.15) is 0 Å². The predicted octanol–water partition coefficient (Wildman–Crippen LogP) is 8.87. The highest BCUT2D eigenvalue weighted by Gasteiger charge is 2.20. The maximum Gasteiger partial charge on any atom is 0.0367 e. The van der Waals surface area contributed by atoms with Crippen LogP contribution in [0, 0.1) is 5.41 Å². The van der Waals surface area contributed by atoms with Crippen LogP contribution in [0.15, 0.2) is 115 Å². The number of nitrogens with one attached hydrogen (secondary N) is 1. The molecular formula is C32H23N. The molecule has 1 nitrogen and oxygen atoms in total. The third-order valence-electron chi connectivity index (χ3n) is 6.56. The second-order valence-electron chi connectivity index (χ2n) is 8.57. The van der Waals surface area contributed by atoms with Crippen molar-refractivity contribution < 1.29 is 0 Å². The first-order valence-corrected chi connectivity index (χ1v) is 11.3. The van der Waals surface area contributed by atoms with Crippen molar-refractivity contribution in [3.05, 3.63) is 121 Å². The van der Waals surface area contributed by atoms with Crippen LogP contribution in [0.2, 0.25) is 0 Å². The molecule has 0 saturated carbocycles. The van der Waals surface area contributed by atoms with Crippen molar-refractivity contribution >= 4 is 38.0 Å². The fraction of sp³-hybridized carbons (Fsp3) is 0.0312. The van der Waals surface area contributed by atoms with Gasteiger partial charge in [0, 0.05) is 11.3 Å². The summed E-state index contributed by atoms with van der Waals surface area (Å²) < 4.78 is 0. The van der Waals surface area contributed by atoms with Gasteiger partial charge >= 0.3 is 0 Å². The molecule has 0 aliphatic carbocycles. The van der Waals surface area contributed by atoms with E-state index in [1.54, 1.807) is 0 Å². The van der Waals surface area contributed by atoms with Crippen LogP contribution in [-0.2, 0) is 0 Å². The molecule has 1 heteroatoms. The molecule has 156 valence electrons. The molecule has 0 aliphatic rings. The molecule has 1 N–H and O–H groups in total. The fourth-order valence-corrected chi connectivity index (χ4v) is 5.13. The van der Waals surface area contributed by atoms with Gasteiger partial charge in [-0.05, 0) is 67.6 Å². The van der Waals surface area contributed by atoms with E-state index < -0.39 is 0 Å². The Morgan fingerprint density at radius 1 is 0.485 bits per heavy atom.